The van der Waals surface area contributed by atoms with E-state index in [1.54, 1.807) is 7.11 Å². The molecule has 1 heterocycles. The number of ether oxygens (including phenoxy) is 2. The fourth-order valence-electron chi connectivity index (χ4n) is 4.57. The summed E-state index contributed by atoms with van der Waals surface area (Å²) in [7, 11) is 1.59. The van der Waals surface area contributed by atoms with Crippen molar-refractivity contribution in [1.29, 1.82) is 0 Å². The van der Waals surface area contributed by atoms with Crippen molar-refractivity contribution in [3.63, 3.8) is 0 Å². The van der Waals surface area contributed by atoms with Crippen molar-refractivity contribution in [2.24, 2.45) is 5.73 Å². The largest absolute Gasteiger partial charge is 0.496 e. The van der Waals surface area contributed by atoms with Crippen LogP contribution in [0.3, 0.4) is 0 Å². The molecule has 0 saturated carbocycles. The van der Waals surface area contributed by atoms with E-state index in [4.69, 9.17) is 20.3 Å². The number of hydrogen-bond acceptors (Lipinski definition) is 5. The van der Waals surface area contributed by atoms with Crippen molar-refractivity contribution >= 4 is 18.0 Å². The molecule has 33 heavy (non-hydrogen) atoms. The van der Waals surface area contributed by atoms with Crippen molar-refractivity contribution in [1.82, 2.24) is 5.32 Å². The summed E-state index contributed by atoms with van der Waals surface area (Å²) in [6, 6.07) is -0.778. The molecule has 0 bridgehead atoms. The third-order valence-corrected chi connectivity index (χ3v) is 6.25. The van der Waals surface area contributed by atoms with Crippen LogP contribution in [-0.4, -0.2) is 30.2 Å². The third-order valence-electron chi connectivity index (χ3n) is 6.25. The number of amides is 2. The molecule has 0 spiro atoms. The van der Waals surface area contributed by atoms with Gasteiger partial charge in [0, 0.05) is 23.1 Å². The first-order chi connectivity index (χ1) is 15.7. The lowest BCUT2D eigenvalue weighted by molar-refractivity contribution is -0.136. The first kappa shape index (κ1) is 26.2. The average Bonchev–Trinajstić information content (AvgIpc) is 3.07. The minimum Gasteiger partial charge on any atom is -0.496 e. The minimum atomic E-state index is -0.955. The number of urea groups is 1. The fraction of sp³-hybridized carbons (Fsp3) is 0.560. The number of carboxylic acid groups (broad SMARTS) is 1. The number of hydrogen-bond donors (Lipinski definition) is 3. The van der Waals surface area contributed by atoms with E-state index in [0.717, 1.165) is 47.9 Å². The topological polar surface area (TPSA) is 128 Å². The molecule has 182 valence electrons. The molecule has 2 amide bonds. The molecule has 4 N–H and O–H groups in total. The van der Waals surface area contributed by atoms with Gasteiger partial charge in [-0.05, 0) is 51.0 Å². The van der Waals surface area contributed by atoms with E-state index in [1.807, 2.05) is 19.9 Å². The molecular formula is C25H36N2O6. The number of primary amides is 1. The van der Waals surface area contributed by atoms with E-state index in [2.05, 4.69) is 19.2 Å². The Morgan fingerprint density at radius 2 is 2.00 bits per heavy atom. The summed E-state index contributed by atoms with van der Waals surface area (Å²) in [6.45, 7) is 7.97. The molecule has 1 aliphatic heterocycles. The Morgan fingerprint density at radius 1 is 1.30 bits per heavy atom. The molecule has 2 rings (SSSR count). The Balaban J connectivity index is 2.71. The summed E-state index contributed by atoms with van der Waals surface area (Å²) in [5.41, 5.74) is 9.88. The lowest BCUT2D eigenvalue weighted by Crippen LogP contribution is -2.33. The van der Waals surface area contributed by atoms with E-state index < -0.39 is 24.2 Å². The highest BCUT2D eigenvalue weighted by Gasteiger charge is 2.40. The van der Waals surface area contributed by atoms with E-state index in [9.17, 15) is 14.4 Å². The summed E-state index contributed by atoms with van der Waals surface area (Å²) in [5.74, 6) is -0.561. The lowest BCUT2D eigenvalue weighted by Gasteiger charge is -2.25. The molecule has 0 aromatic heterocycles. The van der Waals surface area contributed by atoms with Crippen molar-refractivity contribution in [2.75, 3.05) is 7.11 Å². The number of unbranched alkanes of at least 4 members (excludes halogenated alkanes) is 1. The van der Waals surface area contributed by atoms with E-state index in [-0.39, 0.29) is 12.3 Å². The van der Waals surface area contributed by atoms with Gasteiger partial charge in [-0.25, -0.2) is 9.59 Å². The third kappa shape index (κ3) is 6.06. The number of carbonyl (C=O) groups is 3. The SMILES string of the molecule is CCCCC(CC)c1c(C/C=C(\C)CCC(=O)O)c(OC)c(C)c2c1C(=O)OC2NC(N)=O. The Bertz CT molecular complexity index is 938. The molecule has 8 heteroatoms. The number of carbonyl (C=O) groups excluding carboxylic acids is 2. The molecule has 1 aromatic carbocycles. The van der Waals surface area contributed by atoms with Crippen molar-refractivity contribution < 1.29 is 29.0 Å². The Labute approximate surface area is 195 Å². The molecular weight excluding hydrogens is 424 g/mol. The maximum Gasteiger partial charge on any atom is 0.341 e. The summed E-state index contributed by atoms with van der Waals surface area (Å²) in [6.07, 6.45) is 5.84. The molecule has 0 radical (unpaired) electrons. The first-order valence-electron chi connectivity index (χ1n) is 11.5. The zero-order valence-electron chi connectivity index (χ0n) is 20.2. The smallest absolute Gasteiger partial charge is 0.341 e. The molecule has 1 aromatic rings. The zero-order chi connectivity index (χ0) is 24.7. The number of fused-ring (bicyclic) bond motifs is 1. The van der Waals surface area contributed by atoms with Crippen LogP contribution in [0.25, 0.3) is 0 Å². The second-order valence-electron chi connectivity index (χ2n) is 8.53. The fourth-order valence-corrected chi connectivity index (χ4v) is 4.57. The normalized spacial score (nSPS) is 16.2. The van der Waals surface area contributed by atoms with Gasteiger partial charge in [0.15, 0.2) is 0 Å². The molecule has 0 fully saturated rings. The lowest BCUT2D eigenvalue weighted by atomic mass is 9.80. The number of cyclic esters (lactones) is 1. The van der Waals surface area contributed by atoms with Gasteiger partial charge in [-0.3, -0.25) is 10.1 Å². The quantitative estimate of drug-likeness (QED) is 0.301. The van der Waals surface area contributed by atoms with Gasteiger partial charge in [-0.1, -0.05) is 38.3 Å². The maximum atomic E-state index is 13.1. The highest BCUT2D eigenvalue weighted by molar-refractivity contribution is 5.98. The molecule has 0 aliphatic carbocycles. The van der Waals surface area contributed by atoms with Crippen LogP contribution in [0.1, 0.15) is 104 Å². The van der Waals surface area contributed by atoms with Gasteiger partial charge in [0.05, 0.1) is 12.7 Å². The van der Waals surface area contributed by atoms with Crippen LogP contribution in [-0.2, 0) is 16.0 Å². The van der Waals surface area contributed by atoms with E-state index in [0.29, 0.717) is 29.7 Å². The molecule has 2 atom stereocenters. The number of nitrogens with one attached hydrogen (secondary N) is 1. The Hall–Kier alpha value is -3.03. The zero-order valence-corrected chi connectivity index (χ0v) is 20.2. The minimum absolute atomic E-state index is 0.0659. The van der Waals surface area contributed by atoms with Gasteiger partial charge >= 0.3 is 18.0 Å². The molecule has 1 aliphatic rings. The van der Waals surface area contributed by atoms with Crippen LogP contribution in [0, 0.1) is 6.92 Å². The van der Waals surface area contributed by atoms with E-state index in [1.165, 1.54) is 0 Å². The number of benzene rings is 1. The molecule has 8 nitrogen and oxygen atoms in total. The second-order valence-corrected chi connectivity index (χ2v) is 8.53. The predicted octanol–water partition coefficient (Wildman–Crippen LogP) is 4.88. The van der Waals surface area contributed by atoms with Crippen molar-refractivity contribution in [3.8, 4) is 5.75 Å². The molecule has 0 saturated heterocycles. The van der Waals surface area contributed by atoms with Crippen LogP contribution in [0.4, 0.5) is 4.79 Å². The van der Waals surface area contributed by atoms with Crippen LogP contribution in [0.15, 0.2) is 11.6 Å². The van der Waals surface area contributed by atoms with Gasteiger partial charge in [0.1, 0.15) is 5.75 Å². The van der Waals surface area contributed by atoms with Gasteiger partial charge in [0.25, 0.3) is 0 Å². The number of allylic oxidation sites excluding steroid dienone is 2. The van der Waals surface area contributed by atoms with Crippen LogP contribution in [0.2, 0.25) is 0 Å². The van der Waals surface area contributed by atoms with Crippen molar-refractivity contribution in [2.45, 2.75) is 84.8 Å². The summed E-state index contributed by atoms with van der Waals surface area (Å²) < 4.78 is 11.3. The average molecular weight is 461 g/mol. The number of esters is 1. The monoisotopic (exact) mass is 460 g/mol. The molecule has 2 unspecified atom stereocenters. The van der Waals surface area contributed by atoms with Crippen LogP contribution < -0.4 is 15.8 Å². The highest BCUT2D eigenvalue weighted by atomic mass is 16.6. The number of aliphatic carboxylic acids is 1. The van der Waals surface area contributed by atoms with Crippen molar-refractivity contribution in [3.05, 3.63) is 39.5 Å². The Morgan fingerprint density at radius 3 is 2.55 bits per heavy atom. The number of carboxylic acids is 1. The summed E-state index contributed by atoms with van der Waals surface area (Å²) in [4.78, 5) is 35.5. The van der Waals surface area contributed by atoms with Crippen LogP contribution >= 0.6 is 0 Å². The highest BCUT2D eigenvalue weighted by Crippen LogP contribution is 2.46. The van der Waals surface area contributed by atoms with Gasteiger partial charge in [-0.15, -0.1) is 0 Å². The predicted molar refractivity (Wildman–Crippen MR) is 125 cm³/mol. The van der Waals surface area contributed by atoms with Gasteiger partial charge in [0.2, 0.25) is 6.23 Å². The first-order valence-corrected chi connectivity index (χ1v) is 11.5. The van der Waals surface area contributed by atoms with E-state index >= 15 is 0 Å². The van der Waals surface area contributed by atoms with Gasteiger partial charge in [-0.2, -0.15) is 0 Å². The summed E-state index contributed by atoms with van der Waals surface area (Å²) >= 11 is 0. The standard InChI is InChI=1S/C25H36N2O6/c1-6-8-9-16(7-2)20-17(12-10-14(3)11-13-18(28)29)22(32-5)15(4)19-21(20)24(30)33-23(19)27-25(26)31/h10,16,23H,6-9,11-13H2,1-5H3,(H,28,29)(H3,26,27,31)/b14-10+. The Kier molecular flexibility index (Phi) is 9.32. The number of nitrogens with two attached hydrogens (primary N) is 1. The number of rotatable bonds is 12. The second kappa shape index (κ2) is 11.7. The van der Waals surface area contributed by atoms with Gasteiger partial charge < -0.3 is 20.3 Å². The maximum absolute atomic E-state index is 13.1. The summed E-state index contributed by atoms with van der Waals surface area (Å²) in [5, 5.41) is 11.5. The van der Waals surface area contributed by atoms with Crippen LogP contribution in [0.5, 0.6) is 5.75 Å². The number of methoxy groups -OCH3 is 1.